The third-order valence-corrected chi connectivity index (χ3v) is 4.36. The molecule has 0 atom stereocenters. The summed E-state index contributed by atoms with van der Waals surface area (Å²) in [5.74, 6) is -1.65. The number of hydrogen-bond acceptors (Lipinski definition) is 1. The first-order valence-corrected chi connectivity index (χ1v) is 7.05. The van der Waals surface area contributed by atoms with Crippen LogP contribution in [0, 0.1) is 11.6 Å². The Labute approximate surface area is 117 Å². The normalized spacial score (nSPS) is 11.5. The van der Waals surface area contributed by atoms with E-state index in [4.69, 9.17) is 0 Å². The number of hydrogen-bond donors (Lipinski definition) is 1. The molecule has 0 fully saturated rings. The maximum Gasteiger partial charge on any atom is 0.160 e. The molecule has 4 rings (SSSR count). The van der Waals surface area contributed by atoms with Gasteiger partial charge >= 0.3 is 0 Å². The number of halogens is 2. The van der Waals surface area contributed by atoms with Gasteiger partial charge in [0.05, 0.1) is 5.52 Å². The Morgan fingerprint density at radius 2 is 1.75 bits per heavy atom. The lowest BCUT2D eigenvalue weighted by molar-refractivity contribution is 0.511. The lowest BCUT2D eigenvalue weighted by atomic mass is 10.1. The molecule has 0 aliphatic heterocycles. The largest absolute Gasteiger partial charge is 0.354 e. The number of fused-ring (bicyclic) bond motifs is 3. The van der Waals surface area contributed by atoms with Crippen LogP contribution < -0.4 is 0 Å². The summed E-state index contributed by atoms with van der Waals surface area (Å²) >= 11 is 1.64. The molecular formula is C16H9F2NS. The zero-order valence-electron chi connectivity index (χ0n) is 10.3. The minimum Gasteiger partial charge on any atom is -0.354 e. The predicted octanol–water partition coefficient (Wildman–Crippen LogP) is 5.33. The van der Waals surface area contributed by atoms with E-state index in [9.17, 15) is 8.78 Å². The van der Waals surface area contributed by atoms with Gasteiger partial charge in [-0.05, 0) is 17.5 Å². The molecule has 0 aliphatic carbocycles. The molecule has 1 N–H and O–H groups in total. The number of nitrogens with one attached hydrogen (secondary N) is 1. The van der Waals surface area contributed by atoms with Crippen molar-refractivity contribution in [3.8, 4) is 10.4 Å². The highest BCUT2D eigenvalue weighted by molar-refractivity contribution is 7.13. The quantitative estimate of drug-likeness (QED) is 0.486. The number of rotatable bonds is 1. The Kier molecular flexibility index (Phi) is 2.41. The van der Waals surface area contributed by atoms with Crippen LogP contribution in [0.5, 0.6) is 0 Å². The third-order valence-electron chi connectivity index (χ3n) is 3.46. The molecule has 20 heavy (non-hydrogen) atoms. The molecule has 2 aromatic carbocycles. The molecule has 0 aliphatic rings. The second-order valence-electron chi connectivity index (χ2n) is 4.64. The Morgan fingerprint density at radius 1 is 0.900 bits per heavy atom. The molecule has 2 aromatic heterocycles. The van der Waals surface area contributed by atoms with Crippen molar-refractivity contribution in [1.29, 1.82) is 0 Å². The second-order valence-corrected chi connectivity index (χ2v) is 5.59. The average molecular weight is 285 g/mol. The van der Waals surface area contributed by atoms with E-state index in [-0.39, 0.29) is 0 Å². The highest BCUT2D eigenvalue weighted by Crippen LogP contribution is 2.35. The van der Waals surface area contributed by atoms with Crippen LogP contribution in [0.4, 0.5) is 8.78 Å². The molecular weight excluding hydrogens is 276 g/mol. The Morgan fingerprint density at radius 3 is 2.55 bits per heavy atom. The van der Waals surface area contributed by atoms with Gasteiger partial charge in [0.2, 0.25) is 0 Å². The van der Waals surface area contributed by atoms with Gasteiger partial charge in [-0.15, -0.1) is 11.3 Å². The predicted molar refractivity (Wildman–Crippen MR) is 79.0 cm³/mol. The molecule has 0 saturated heterocycles. The number of benzene rings is 2. The molecule has 4 heteroatoms. The van der Waals surface area contributed by atoms with Crippen LogP contribution in [-0.2, 0) is 0 Å². The minimum atomic E-state index is -0.832. The molecule has 98 valence electrons. The lowest BCUT2D eigenvalue weighted by Crippen LogP contribution is -1.81. The van der Waals surface area contributed by atoms with Gasteiger partial charge in [0.1, 0.15) is 0 Å². The molecule has 0 saturated carbocycles. The molecule has 4 aromatic rings. The topological polar surface area (TPSA) is 15.8 Å². The summed E-state index contributed by atoms with van der Waals surface area (Å²) in [5.41, 5.74) is 2.58. The number of aromatic nitrogens is 1. The van der Waals surface area contributed by atoms with E-state index in [0.29, 0.717) is 10.9 Å². The first-order chi connectivity index (χ1) is 9.74. The summed E-state index contributed by atoms with van der Waals surface area (Å²) in [6.07, 6.45) is 0. The van der Waals surface area contributed by atoms with Gasteiger partial charge in [0.25, 0.3) is 0 Å². The Bertz CT molecular complexity index is 923. The lowest BCUT2D eigenvalue weighted by Gasteiger charge is -1.99. The summed E-state index contributed by atoms with van der Waals surface area (Å²) in [7, 11) is 0. The van der Waals surface area contributed by atoms with Crippen LogP contribution in [-0.4, -0.2) is 4.98 Å². The van der Waals surface area contributed by atoms with Crippen molar-refractivity contribution in [2.75, 3.05) is 0 Å². The zero-order valence-corrected chi connectivity index (χ0v) is 11.1. The smallest absolute Gasteiger partial charge is 0.160 e. The molecule has 0 radical (unpaired) electrons. The minimum absolute atomic E-state index is 0.614. The highest BCUT2D eigenvalue weighted by atomic mass is 32.1. The monoisotopic (exact) mass is 285 g/mol. The Balaban J connectivity index is 2.14. The van der Waals surface area contributed by atoms with E-state index in [1.165, 1.54) is 12.1 Å². The van der Waals surface area contributed by atoms with E-state index in [0.717, 1.165) is 21.3 Å². The molecule has 0 unspecified atom stereocenters. The summed E-state index contributed by atoms with van der Waals surface area (Å²) in [5, 5.41) is 3.62. The van der Waals surface area contributed by atoms with Crippen LogP contribution in [0.25, 0.3) is 32.2 Å². The maximum atomic E-state index is 13.4. The van der Waals surface area contributed by atoms with E-state index in [1.54, 1.807) is 11.3 Å². The fraction of sp³-hybridized carbons (Fsp3) is 0. The zero-order chi connectivity index (χ0) is 13.7. The number of thiophene rings is 1. The van der Waals surface area contributed by atoms with Crippen molar-refractivity contribution >= 4 is 33.1 Å². The average Bonchev–Trinajstić information content (AvgIpc) is 3.07. The summed E-state index contributed by atoms with van der Waals surface area (Å²) in [6.45, 7) is 0. The standard InChI is InChI=1S/C16H9F2NS/c17-12-7-11-9-3-1-4-10(15-5-2-6-20-15)16(9)19-14(11)8-13(12)18/h1-8,19H. The van der Waals surface area contributed by atoms with E-state index >= 15 is 0 Å². The van der Waals surface area contributed by atoms with Crippen LogP contribution in [0.3, 0.4) is 0 Å². The molecule has 2 heterocycles. The summed E-state index contributed by atoms with van der Waals surface area (Å²) in [4.78, 5) is 4.33. The summed E-state index contributed by atoms with van der Waals surface area (Å²) in [6, 6.07) is 12.3. The van der Waals surface area contributed by atoms with Gasteiger partial charge in [-0.2, -0.15) is 0 Å². The van der Waals surface area contributed by atoms with Crippen LogP contribution in [0.15, 0.2) is 47.8 Å². The van der Waals surface area contributed by atoms with Gasteiger partial charge in [0.15, 0.2) is 11.6 Å². The van der Waals surface area contributed by atoms with Crippen molar-refractivity contribution in [1.82, 2.24) is 4.98 Å². The van der Waals surface area contributed by atoms with E-state index in [2.05, 4.69) is 4.98 Å². The number of para-hydroxylation sites is 1. The first-order valence-electron chi connectivity index (χ1n) is 6.17. The first kappa shape index (κ1) is 11.6. The van der Waals surface area contributed by atoms with Gasteiger partial charge < -0.3 is 4.98 Å². The fourth-order valence-corrected chi connectivity index (χ4v) is 3.31. The van der Waals surface area contributed by atoms with Gasteiger partial charge in [-0.1, -0.05) is 24.3 Å². The van der Waals surface area contributed by atoms with E-state index < -0.39 is 11.6 Å². The van der Waals surface area contributed by atoms with Crippen molar-refractivity contribution in [2.45, 2.75) is 0 Å². The van der Waals surface area contributed by atoms with Crippen LogP contribution >= 0.6 is 11.3 Å². The molecule has 0 bridgehead atoms. The van der Waals surface area contributed by atoms with Crippen molar-refractivity contribution in [2.24, 2.45) is 0 Å². The molecule has 1 nitrogen and oxygen atoms in total. The molecule has 0 spiro atoms. The maximum absolute atomic E-state index is 13.4. The van der Waals surface area contributed by atoms with E-state index in [1.807, 2.05) is 35.7 Å². The van der Waals surface area contributed by atoms with Gasteiger partial charge in [-0.25, -0.2) is 8.78 Å². The molecule has 0 amide bonds. The van der Waals surface area contributed by atoms with Crippen LogP contribution in [0.2, 0.25) is 0 Å². The second kappa shape index (κ2) is 4.15. The van der Waals surface area contributed by atoms with Crippen molar-refractivity contribution in [3.05, 3.63) is 59.5 Å². The van der Waals surface area contributed by atoms with Gasteiger partial charge in [-0.3, -0.25) is 0 Å². The number of H-pyrrole nitrogens is 1. The SMILES string of the molecule is Fc1cc2[nH]c3c(-c4cccs4)cccc3c2cc1F. The van der Waals surface area contributed by atoms with Crippen molar-refractivity contribution in [3.63, 3.8) is 0 Å². The number of aromatic amines is 1. The van der Waals surface area contributed by atoms with Crippen molar-refractivity contribution < 1.29 is 8.78 Å². The summed E-state index contributed by atoms with van der Waals surface area (Å²) < 4.78 is 26.8. The Hall–Kier alpha value is -2.20. The fourth-order valence-electron chi connectivity index (χ4n) is 2.56. The van der Waals surface area contributed by atoms with Crippen LogP contribution in [0.1, 0.15) is 0 Å². The highest BCUT2D eigenvalue weighted by Gasteiger charge is 2.12. The van der Waals surface area contributed by atoms with Gasteiger partial charge in [0, 0.05) is 32.8 Å². The third kappa shape index (κ3) is 1.58.